The van der Waals surface area contributed by atoms with Gasteiger partial charge in [0.2, 0.25) is 0 Å². The smallest absolute Gasteiger partial charge is 0.360 e. The van der Waals surface area contributed by atoms with Crippen molar-refractivity contribution in [1.29, 1.82) is 0 Å². The van der Waals surface area contributed by atoms with Gasteiger partial charge in [0.15, 0.2) is 5.69 Å². The predicted molar refractivity (Wildman–Crippen MR) is 50.0 cm³/mol. The molecular formula is C8H9N5O2. The SMILES string of the molecule is COC(=O)c1n[nH]nc1-c1cnc(C)[nH]1. The molecule has 2 N–H and O–H groups in total. The zero-order valence-electron chi connectivity index (χ0n) is 8.24. The number of esters is 1. The number of rotatable bonds is 2. The van der Waals surface area contributed by atoms with Crippen LogP contribution in [0.4, 0.5) is 0 Å². The maximum atomic E-state index is 11.3. The Kier molecular flexibility index (Phi) is 2.20. The summed E-state index contributed by atoms with van der Waals surface area (Å²) in [5.41, 5.74) is 1.17. The molecular weight excluding hydrogens is 198 g/mol. The fourth-order valence-electron chi connectivity index (χ4n) is 1.20. The minimum absolute atomic E-state index is 0.140. The number of aromatic amines is 2. The predicted octanol–water partition coefficient (Wildman–Crippen LogP) is 0.290. The summed E-state index contributed by atoms with van der Waals surface area (Å²) in [5, 5.41) is 9.95. The molecule has 2 heterocycles. The third kappa shape index (κ3) is 1.58. The summed E-state index contributed by atoms with van der Waals surface area (Å²) >= 11 is 0. The molecule has 0 saturated heterocycles. The van der Waals surface area contributed by atoms with Gasteiger partial charge < -0.3 is 9.72 Å². The second-order valence-electron chi connectivity index (χ2n) is 2.89. The van der Waals surface area contributed by atoms with Gasteiger partial charge in [-0.1, -0.05) is 0 Å². The van der Waals surface area contributed by atoms with Crippen molar-refractivity contribution in [2.24, 2.45) is 0 Å². The number of ether oxygens (including phenoxy) is 1. The topological polar surface area (TPSA) is 96.6 Å². The van der Waals surface area contributed by atoms with Crippen molar-refractivity contribution in [3.8, 4) is 11.4 Å². The molecule has 7 nitrogen and oxygen atoms in total. The van der Waals surface area contributed by atoms with Gasteiger partial charge in [-0.3, -0.25) is 0 Å². The summed E-state index contributed by atoms with van der Waals surface area (Å²) < 4.78 is 4.57. The van der Waals surface area contributed by atoms with Gasteiger partial charge in [-0.15, -0.1) is 5.10 Å². The highest BCUT2D eigenvalue weighted by molar-refractivity contribution is 5.93. The Labute approximate surface area is 84.9 Å². The van der Waals surface area contributed by atoms with E-state index in [1.807, 2.05) is 0 Å². The van der Waals surface area contributed by atoms with Crippen LogP contribution in [0.3, 0.4) is 0 Å². The zero-order chi connectivity index (χ0) is 10.8. The summed E-state index contributed by atoms with van der Waals surface area (Å²) in [5.74, 6) is 0.204. The Morgan fingerprint density at radius 1 is 1.47 bits per heavy atom. The lowest BCUT2D eigenvalue weighted by Crippen LogP contribution is -2.03. The second-order valence-corrected chi connectivity index (χ2v) is 2.89. The molecule has 0 spiro atoms. The number of nitrogens with zero attached hydrogens (tertiary/aromatic N) is 3. The highest BCUT2D eigenvalue weighted by atomic mass is 16.5. The molecule has 0 aliphatic heterocycles. The van der Waals surface area contributed by atoms with Gasteiger partial charge in [-0.25, -0.2) is 9.78 Å². The van der Waals surface area contributed by atoms with Crippen molar-refractivity contribution >= 4 is 5.97 Å². The number of carbonyl (C=O) groups excluding carboxylic acids is 1. The van der Waals surface area contributed by atoms with Gasteiger partial charge in [0, 0.05) is 0 Å². The summed E-state index contributed by atoms with van der Waals surface area (Å²) in [6.45, 7) is 1.81. The van der Waals surface area contributed by atoms with Crippen LogP contribution in [0.25, 0.3) is 11.4 Å². The summed E-state index contributed by atoms with van der Waals surface area (Å²) in [6, 6.07) is 0. The second kappa shape index (κ2) is 3.52. The number of carbonyl (C=O) groups is 1. The van der Waals surface area contributed by atoms with Gasteiger partial charge in [0.1, 0.15) is 11.5 Å². The monoisotopic (exact) mass is 207 g/mol. The van der Waals surface area contributed by atoms with E-state index in [0.717, 1.165) is 5.82 Å². The molecule has 0 fully saturated rings. The van der Waals surface area contributed by atoms with Crippen LogP contribution in [0, 0.1) is 6.92 Å². The van der Waals surface area contributed by atoms with Crippen molar-refractivity contribution in [3.63, 3.8) is 0 Å². The molecule has 0 aromatic carbocycles. The van der Waals surface area contributed by atoms with Crippen LogP contribution in [0.5, 0.6) is 0 Å². The van der Waals surface area contributed by atoms with E-state index < -0.39 is 5.97 Å². The fraction of sp³-hybridized carbons (Fsp3) is 0.250. The van der Waals surface area contributed by atoms with E-state index in [0.29, 0.717) is 11.4 Å². The molecule has 2 aromatic rings. The molecule has 2 aromatic heterocycles. The van der Waals surface area contributed by atoms with Crippen LogP contribution in [-0.4, -0.2) is 38.5 Å². The number of aryl methyl sites for hydroxylation is 1. The Hall–Kier alpha value is -2.18. The van der Waals surface area contributed by atoms with Gasteiger partial charge >= 0.3 is 5.97 Å². The first-order chi connectivity index (χ1) is 7.22. The van der Waals surface area contributed by atoms with E-state index >= 15 is 0 Å². The normalized spacial score (nSPS) is 10.3. The lowest BCUT2D eigenvalue weighted by Gasteiger charge is -1.95. The highest BCUT2D eigenvalue weighted by Gasteiger charge is 2.19. The summed E-state index contributed by atoms with van der Waals surface area (Å²) in [6.07, 6.45) is 1.58. The largest absolute Gasteiger partial charge is 0.464 e. The minimum atomic E-state index is -0.536. The first-order valence-electron chi connectivity index (χ1n) is 4.23. The van der Waals surface area contributed by atoms with Gasteiger partial charge in [0.05, 0.1) is 19.0 Å². The Morgan fingerprint density at radius 3 is 2.87 bits per heavy atom. The molecule has 0 unspecified atom stereocenters. The number of imidazole rings is 1. The first-order valence-corrected chi connectivity index (χ1v) is 4.23. The average Bonchev–Trinajstić information content (AvgIpc) is 2.84. The molecule has 0 aliphatic rings. The van der Waals surface area contributed by atoms with Crippen molar-refractivity contribution in [2.75, 3.05) is 7.11 Å². The number of hydrogen-bond acceptors (Lipinski definition) is 5. The average molecular weight is 207 g/mol. The van der Waals surface area contributed by atoms with Crippen molar-refractivity contribution in [3.05, 3.63) is 17.7 Å². The number of aromatic nitrogens is 5. The number of nitrogens with one attached hydrogen (secondary N) is 2. The Balaban J connectivity index is 2.45. The molecule has 0 saturated carbocycles. The van der Waals surface area contributed by atoms with Crippen LogP contribution < -0.4 is 0 Å². The quantitative estimate of drug-likeness (QED) is 0.690. The molecule has 0 atom stereocenters. The highest BCUT2D eigenvalue weighted by Crippen LogP contribution is 2.17. The molecule has 0 radical (unpaired) electrons. The summed E-state index contributed by atoms with van der Waals surface area (Å²) in [4.78, 5) is 18.3. The van der Waals surface area contributed by atoms with Crippen LogP contribution in [-0.2, 0) is 4.74 Å². The molecule has 2 rings (SSSR count). The maximum Gasteiger partial charge on any atom is 0.360 e. The van der Waals surface area contributed by atoms with Crippen LogP contribution in [0.15, 0.2) is 6.20 Å². The van der Waals surface area contributed by atoms with Crippen LogP contribution in [0.1, 0.15) is 16.3 Å². The lowest BCUT2D eigenvalue weighted by atomic mass is 10.2. The van der Waals surface area contributed by atoms with Crippen LogP contribution in [0.2, 0.25) is 0 Å². The fourth-order valence-corrected chi connectivity index (χ4v) is 1.20. The van der Waals surface area contributed by atoms with Crippen LogP contribution >= 0.6 is 0 Å². The maximum absolute atomic E-state index is 11.3. The van der Waals surface area contributed by atoms with E-state index in [1.165, 1.54) is 7.11 Å². The number of H-pyrrole nitrogens is 2. The van der Waals surface area contributed by atoms with E-state index in [4.69, 9.17) is 0 Å². The van der Waals surface area contributed by atoms with Gasteiger partial charge in [0.25, 0.3) is 0 Å². The third-order valence-corrected chi connectivity index (χ3v) is 1.88. The van der Waals surface area contributed by atoms with Gasteiger partial charge in [-0.05, 0) is 6.92 Å². The van der Waals surface area contributed by atoms with Crippen molar-refractivity contribution in [2.45, 2.75) is 6.92 Å². The van der Waals surface area contributed by atoms with E-state index in [2.05, 4.69) is 30.1 Å². The van der Waals surface area contributed by atoms with E-state index in [-0.39, 0.29) is 5.69 Å². The Morgan fingerprint density at radius 2 is 2.27 bits per heavy atom. The number of hydrogen-bond donors (Lipinski definition) is 2. The summed E-state index contributed by atoms with van der Waals surface area (Å²) in [7, 11) is 1.29. The molecule has 0 aliphatic carbocycles. The Bertz CT molecular complexity index is 487. The van der Waals surface area contributed by atoms with Gasteiger partial charge in [-0.2, -0.15) is 10.3 Å². The van der Waals surface area contributed by atoms with E-state index in [1.54, 1.807) is 13.1 Å². The molecule has 78 valence electrons. The molecule has 15 heavy (non-hydrogen) atoms. The third-order valence-electron chi connectivity index (χ3n) is 1.88. The molecule has 7 heteroatoms. The van der Waals surface area contributed by atoms with Crippen molar-refractivity contribution in [1.82, 2.24) is 25.4 Å². The standard InChI is InChI=1S/C8H9N5O2/c1-4-9-3-5(10-4)6-7(8(14)15-2)12-13-11-6/h3H,1-2H3,(H,9,10)(H,11,12,13). The minimum Gasteiger partial charge on any atom is -0.464 e. The van der Waals surface area contributed by atoms with E-state index in [9.17, 15) is 4.79 Å². The molecule has 0 bridgehead atoms. The molecule has 0 amide bonds. The van der Waals surface area contributed by atoms with Crippen molar-refractivity contribution < 1.29 is 9.53 Å². The zero-order valence-corrected chi connectivity index (χ0v) is 8.24. The first kappa shape index (κ1) is 9.38. The lowest BCUT2D eigenvalue weighted by molar-refractivity contribution is 0.0595. The number of methoxy groups -OCH3 is 1.